The first-order valence-corrected chi connectivity index (χ1v) is 3.14. The van der Waals surface area contributed by atoms with E-state index in [0.717, 1.165) is 19.6 Å². The van der Waals surface area contributed by atoms with Crippen LogP contribution in [0.5, 0.6) is 0 Å². The lowest BCUT2D eigenvalue weighted by Gasteiger charge is -2.03. The van der Waals surface area contributed by atoms with Crippen molar-refractivity contribution < 1.29 is 0 Å². The number of hydrogen-bond donors (Lipinski definition) is 2. The third-order valence-electron chi connectivity index (χ3n) is 1.94. The standard InChI is InChI=1S/C6H10N2/c1-2-8-6-4-7-3-5(1)6/h5-8H,2-4H2. The summed E-state index contributed by atoms with van der Waals surface area (Å²) in [6.07, 6.45) is 3.34. The van der Waals surface area contributed by atoms with Crippen LogP contribution >= 0.6 is 0 Å². The lowest BCUT2D eigenvalue weighted by Crippen LogP contribution is -2.27. The normalized spacial score (nSPS) is 45.0. The van der Waals surface area contributed by atoms with E-state index in [1.54, 1.807) is 0 Å². The van der Waals surface area contributed by atoms with Crippen molar-refractivity contribution >= 4 is 0 Å². The van der Waals surface area contributed by atoms with Gasteiger partial charge in [-0.05, 0) is 5.92 Å². The van der Waals surface area contributed by atoms with Crippen LogP contribution in [-0.4, -0.2) is 25.7 Å². The number of nitrogens with one attached hydrogen (secondary N) is 2. The quantitative estimate of drug-likeness (QED) is 0.429. The van der Waals surface area contributed by atoms with Gasteiger partial charge in [0.05, 0.1) is 0 Å². The zero-order valence-electron chi connectivity index (χ0n) is 4.78. The second kappa shape index (κ2) is 1.71. The van der Waals surface area contributed by atoms with E-state index < -0.39 is 0 Å². The minimum atomic E-state index is 0.704. The highest BCUT2D eigenvalue weighted by molar-refractivity contribution is 5.01. The largest absolute Gasteiger partial charge is 0.315 e. The van der Waals surface area contributed by atoms with E-state index in [4.69, 9.17) is 0 Å². The van der Waals surface area contributed by atoms with Gasteiger partial charge in [-0.2, -0.15) is 0 Å². The first-order valence-electron chi connectivity index (χ1n) is 3.14. The predicted molar refractivity (Wildman–Crippen MR) is 31.4 cm³/mol. The summed E-state index contributed by atoms with van der Waals surface area (Å²) in [7, 11) is 0. The van der Waals surface area contributed by atoms with Crippen LogP contribution < -0.4 is 10.6 Å². The Hall–Kier alpha value is -0.0800. The van der Waals surface area contributed by atoms with E-state index in [1.807, 2.05) is 0 Å². The zero-order valence-corrected chi connectivity index (χ0v) is 4.78. The maximum atomic E-state index is 3.34. The van der Waals surface area contributed by atoms with Crippen LogP contribution in [0.2, 0.25) is 0 Å². The van der Waals surface area contributed by atoms with Crippen molar-refractivity contribution in [3.63, 3.8) is 0 Å². The van der Waals surface area contributed by atoms with Crippen molar-refractivity contribution in [2.24, 2.45) is 5.92 Å². The van der Waals surface area contributed by atoms with E-state index in [9.17, 15) is 0 Å². The minimum Gasteiger partial charge on any atom is -0.315 e. The SMILES string of the molecule is [C]1CNC2CNCC12. The fourth-order valence-corrected chi connectivity index (χ4v) is 1.43. The highest BCUT2D eigenvalue weighted by Crippen LogP contribution is 2.16. The third kappa shape index (κ3) is 0.565. The Kier molecular flexibility index (Phi) is 1.02. The average molecular weight is 110 g/mol. The van der Waals surface area contributed by atoms with Gasteiger partial charge in [-0.1, -0.05) is 0 Å². The van der Waals surface area contributed by atoms with E-state index >= 15 is 0 Å². The molecule has 2 saturated heterocycles. The summed E-state index contributed by atoms with van der Waals surface area (Å²) < 4.78 is 0. The topological polar surface area (TPSA) is 24.1 Å². The molecule has 2 aliphatic heterocycles. The Bertz CT molecular complexity index is 72.5. The van der Waals surface area contributed by atoms with Crippen LogP contribution in [0, 0.1) is 12.3 Å². The molecule has 0 bridgehead atoms. The molecule has 0 aromatic rings. The van der Waals surface area contributed by atoms with E-state index in [0.29, 0.717) is 12.0 Å². The fourth-order valence-electron chi connectivity index (χ4n) is 1.43. The van der Waals surface area contributed by atoms with Gasteiger partial charge in [0.25, 0.3) is 0 Å². The lowest BCUT2D eigenvalue weighted by atomic mass is 10.1. The van der Waals surface area contributed by atoms with Gasteiger partial charge in [-0.25, -0.2) is 0 Å². The smallest absolute Gasteiger partial charge is 0.0239 e. The van der Waals surface area contributed by atoms with Gasteiger partial charge in [-0.15, -0.1) is 0 Å². The molecule has 0 saturated carbocycles. The number of hydrogen-bond acceptors (Lipinski definition) is 2. The maximum Gasteiger partial charge on any atom is 0.0239 e. The van der Waals surface area contributed by atoms with Gasteiger partial charge in [-0.3, -0.25) is 0 Å². The van der Waals surface area contributed by atoms with Crippen LogP contribution in [0.1, 0.15) is 0 Å². The first-order chi connectivity index (χ1) is 3.97. The molecule has 0 aromatic carbocycles. The second-order valence-electron chi connectivity index (χ2n) is 2.46. The molecule has 2 radical (unpaired) electrons. The Morgan fingerprint density at radius 3 is 3.25 bits per heavy atom. The molecule has 0 aromatic heterocycles. The number of rotatable bonds is 0. The summed E-state index contributed by atoms with van der Waals surface area (Å²) in [4.78, 5) is 0. The van der Waals surface area contributed by atoms with Crippen molar-refractivity contribution in [2.75, 3.05) is 19.6 Å². The molecule has 2 atom stereocenters. The van der Waals surface area contributed by atoms with Crippen LogP contribution in [0.25, 0.3) is 0 Å². The molecular formula is C6H10N2. The highest BCUT2D eigenvalue weighted by Gasteiger charge is 2.30. The summed E-state index contributed by atoms with van der Waals surface area (Å²) in [5.41, 5.74) is 0. The number of fused-ring (bicyclic) bond motifs is 1. The van der Waals surface area contributed by atoms with Crippen molar-refractivity contribution in [1.29, 1.82) is 0 Å². The van der Waals surface area contributed by atoms with Crippen molar-refractivity contribution in [3.8, 4) is 0 Å². The van der Waals surface area contributed by atoms with Gasteiger partial charge in [0, 0.05) is 32.1 Å². The molecule has 2 unspecified atom stereocenters. The maximum absolute atomic E-state index is 3.34. The fraction of sp³-hybridized carbons (Fsp3) is 0.833. The lowest BCUT2D eigenvalue weighted by molar-refractivity contribution is 0.584. The molecule has 2 nitrogen and oxygen atoms in total. The van der Waals surface area contributed by atoms with Crippen molar-refractivity contribution in [3.05, 3.63) is 6.42 Å². The van der Waals surface area contributed by atoms with Crippen LogP contribution in [0.3, 0.4) is 0 Å². The van der Waals surface area contributed by atoms with Crippen LogP contribution in [0.4, 0.5) is 0 Å². The van der Waals surface area contributed by atoms with Gasteiger partial charge in [0.2, 0.25) is 0 Å². The molecular weight excluding hydrogens is 100 g/mol. The predicted octanol–water partition coefficient (Wildman–Crippen LogP) is -0.741. The molecule has 0 amide bonds. The molecule has 0 spiro atoms. The highest BCUT2D eigenvalue weighted by atomic mass is 15.1. The van der Waals surface area contributed by atoms with Gasteiger partial charge in [0.1, 0.15) is 0 Å². The Balaban J connectivity index is 2.04. The monoisotopic (exact) mass is 110 g/mol. The van der Waals surface area contributed by atoms with E-state index in [1.165, 1.54) is 0 Å². The average Bonchev–Trinajstić information content (AvgIpc) is 2.15. The molecule has 0 aliphatic carbocycles. The Morgan fingerprint density at radius 2 is 2.38 bits per heavy atom. The first kappa shape index (κ1) is 4.77. The molecule has 2 N–H and O–H groups in total. The van der Waals surface area contributed by atoms with Crippen molar-refractivity contribution in [2.45, 2.75) is 6.04 Å². The third-order valence-corrected chi connectivity index (χ3v) is 1.94. The van der Waals surface area contributed by atoms with Crippen LogP contribution in [-0.2, 0) is 0 Å². The van der Waals surface area contributed by atoms with E-state index in [2.05, 4.69) is 17.1 Å². The summed E-state index contributed by atoms with van der Waals surface area (Å²) in [5.74, 6) is 0.704. The summed E-state index contributed by atoms with van der Waals surface area (Å²) in [6, 6.07) is 0.704. The van der Waals surface area contributed by atoms with E-state index in [-0.39, 0.29) is 0 Å². The van der Waals surface area contributed by atoms with Gasteiger partial charge < -0.3 is 10.6 Å². The molecule has 2 aliphatic rings. The molecule has 2 rings (SSSR count). The summed E-state index contributed by atoms with van der Waals surface area (Å²) in [6.45, 7) is 3.27. The van der Waals surface area contributed by atoms with Gasteiger partial charge >= 0.3 is 0 Å². The van der Waals surface area contributed by atoms with Gasteiger partial charge in [0.15, 0.2) is 0 Å². The Labute approximate surface area is 49.7 Å². The van der Waals surface area contributed by atoms with Crippen LogP contribution in [0.15, 0.2) is 0 Å². The van der Waals surface area contributed by atoms with Crippen molar-refractivity contribution in [1.82, 2.24) is 10.6 Å². The molecule has 2 fully saturated rings. The second-order valence-corrected chi connectivity index (χ2v) is 2.46. The summed E-state index contributed by atoms with van der Waals surface area (Å²) in [5, 5.41) is 6.64. The summed E-state index contributed by atoms with van der Waals surface area (Å²) >= 11 is 0. The Morgan fingerprint density at radius 1 is 1.38 bits per heavy atom. The molecule has 2 heteroatoms. The molecule has 44 valence electrons. The zero-order chi connectivity index (χ0) is 5.40. The minimum absolute atomic E-state index is 0.704. The molecule has 8 heavy (non-hydrogen) atoms. The molecule has 2 heterocycles.